The number of fused-ring (bicyclic) bond motifs is 5. The molecule has 35 heavy (non-hydrogen) atoms. The molecule has 4 aliphatic rings. The molecule has 3 heteroatoms. The Morgan fingerprint density at radius 2 is 1.83 bits per heavy atom. The molecule has 200 valence electrons. The number of allylic oxidation sites excluding steroid dienone is 1. The fourth-order valence-electron chi connectivity index (χ4n) is 10.0. The van der Waals surface area contributed by atoms with Gasteiger partial charge in [0.05, 0.1) is 0 Å². The Kier molecular flexibility index (Phi) is 8.20. The highest BCUT2D eigenvalue weighted by atomic mass is 28.3. The topological polar surface area (TPSA) is 26.3 Å². The van der Waals surface area contributed by atoms with E-state index in [1.54, 1.807) is 5.57 Å². The summed E-state index contributed by atoms with van der Waals surface area (Å²) in [6.07, 6.45) is 18.2. The normalized spacial score (nSPS) is 40.9. The molecule has 3 fully saturated rings. The van der Waals surface area contributed by atoms with Crippen LogP contribution in [0.15, 0.2) is 11.6 Å². The van der Waals surface area contributed by atoms with Crippen LogP contribution in [0.2, 0.25) is 10.6 Å². The largest absolute Gasteiger partial charge is 0.416 e. The molecule has 4 rings (SSSR count). The number of carbonyl (C=O) groups is 1. The van der Waals surface area contributed by atoms with Crippen molar-refractivity contribution in [1.82, 2.24) is 0 Å². The van der Waals surface area contributed by atoms with E-state index in [-0.39, 0.29) is 0 Å². The van der Waals surface area contributed by atoms with Crippen LogP contribution in [0.4, 0.5) is 0 Å². The molecule has 0 aromatic rings. The van der Waals surface area contributed by atoms with Crippen LogP contribution in [0.25, 0.3) is 0 Å². The summed E-state index contributed by atoms with van der Waals surface area (Å²) in [6.45, 7) is 19.8. The summed E-state index contributed by atoms with van der Waals surface area (Å²) in [7, 11) is -1.27. The Morgan fingerprint density at radius 1 is 1.09 bits per heavy atom. The Bertz CT molecular complexity index is 781. The van der Waals surface area contributed by atoms with Crippen molar-refractivity contribution in [3.8, 4) is 0 Å². The predicted molar refractivity (Wildman–Crippen MR) is 151 cm³/mol. The van der Waals surface area contributed by atoms with Gasteiger partial charge in [0.25, 0.3) is 0 Å². The van der Waals surface area contributed by atoms with Gasteiger partial charge in [0.2, 0.25) is 0 Å². The third-order valence-electron chi connectivity index (χ3n) is 11.6. The Balaban J connectivity index is 1.46. The van der Waals surface area contributed by atoms with Gasteiger partial charge in [-0.25, -0.2) is 0 Å². The van der Waals surface area contributed by atoms with Crippen molar-refractivity contribution < 1.29 is 9.22 Å². The van der Waals surface area contributed by atoms with E-state index >= 15 is 0 Å². The number of unbranched alkanes of at least 4 members (excludes halogenated alkanes) is 1. The van der Waals surface area contributed by atoms with Gasteiger partial charge in [-0.2, -0.15) is 0 Å². The molecule has 0 aromatic heterocycles. The van der Waals surface area contributed by atoms with Crippen molar-refractivity contribution in [3.63, 3.8) is 0 Å². The third-order valence-corrected chi connectivity index (χ3v) is 15.2. The molecule has 0 heterocycles. The lowest BCUT2D eigenvalue weighted by Gasteiger charge is -2.58. The highest BCUT2D eigenvalue weighted by molar-refractivity contribution is 6.56. The van der Waals surface area contributed by atoms with Crippen LogP contribution in [-0.2, 0) is 9.22 Å². The van der Waals surface area contributed by atoms with Crippen molar-refractivity contribution in [2.75, 3.05) is 0 Å². The van der Waals surface area contributed by atoms with Crippen molar-refractivity contribution in [2.24, 2.45) is 40.4 Å². The highest BCUT2D eigenvalue weighted by Crippen LogP contribution is 2.67. The van der Waals surface area contributed by atoms with E-state index in [4.69, 9.17) is 4.43 Å². The van der Waals surface area contributed by atoms with Crippen molar-refractivity contribution >= 4 is 15.3 Å². The van der Waals surface area contributed by atoms with Gasteiger partial charge in [0.1, 0.15) is 6.29 Å². The fourth-order valence-corrected chi connectivity index (χ4v) is 13.4. The van der Waals surface area contributed by atoms with Crippen molar-refractivity contribution in [1.29, 1.82) is 0 Å². The Morgan fingerprint density at radius 3 is 2.49 bits per heavy atom. The SMILES string of the molecule is CC(C)[SiH](O[C@H]1CC[C@@]2(C)C(=CC[C@H]3[C@@H]4CC[C@H]([C@H](C)CCCC=O)[C@@]4(C)CC[C@@H]32)C1)C(C)(C)C. The predicted octanol–water partition coefficient (Wildman–Crippen LogP) is 8.89. The molecule has 0 spiro atoms. The summed E-state index contributed by atoms with van der Waals surface area (Å²) in [5, 5.41) is 0.332. The third kappa shape index (κ3) is 5.16. The van der Waals surface area contributed by atoms with Gasteiger partial charge in [-0.3, -0.25) is 0 Å². The second-order valence-electron chi connectivity index (χ2n) is 15.1. The molecule has 0 amide bonds. The van der Waals surface area contributed by atoms with E-state index in [1.165, 1.54) is 57.8 Å². The standard InChI is InChI=1S/C32H56O2Si/c1-22(2)35(30(4,5)6)34-25-16-18-31(7)24(21-25)12-13-26-28-15-14-27(23(3)11-9-10-20-33)32(28,8)19-17-29(26)31/h12,20,22-23,25-29,35H,9-11,13-19,21H2,1-8H3/t23-,25+,26+,27-,28+,29+,31+,32-,35?/m1/s1. The van der Waals surface area contributed by atoms with E-state index in [9.17, 15) is 4.79 Å². The molecule has 0 radical (unpaired) electrons. The number of rotatable bonds is 8. The van der Waals surface area contributed by atoms with Crippen LogP contribution in [0.3, 0.4) is 0 Å². The molecule has 0 aromatic carbocycles. The molecular formula is C32H56O2Si. The van der Waals surface area contributed by atoms with Gasteiger partial charge in [0, 0.05) is 12.5 Å². The second-order valence-corrected chi connectivity index (χ2v) is 19.3. The average Bonchev–Trinajstić information content (AvgIpc) is 3.14. The summed E-state index contributed by atoms with van der Waals surface area (Å²) in [4.78, 5) is 10.8. The summed E-state index contributed by atoms with van der Waals surface area (Å²) in [5.41, 5.74) is 3.39. The zero-order valence-corrected chi connectivity index (χ0v) is 25.5. The minimum Gasteiger partial charge on any atom is -0.416 e. The first-order valence-corrected chi connectivity index (χ1v) is 16.9. The zero-order valence-electron chi connectivity index (χ0n) is 24.4. The van der Waals surface area contributed by atoms with Crippen LogP contribution in [0.5, 0.6) is 0 Å². The monoisotopic (exact) mass is 500 g/mol. The first-order valence-electron chi connectivity index (χ1n) is 15.2. The van der Waals surface area contributed by atoms with Crippen LogP contribution in [0.1, 0.15) is 126 Å². The summed E-state index contributed by atoms with van der Waals surface area (Å²) in [5.74, 6) is 4.30. The minimum absolute atomic E-state index is 0.332. The lowest BCUT2D eigenvalue weighted by Crippen LogP contribution is -2.51. The molecule has 4 aliphatic carbocycles. The Labute approximate surface area is 219 Å². The molecule has 1 unspecified atom stereocenters. The number of aldehydes is 1. The molecule has 0 saturated heterocycles. The van der Waals surface area contributed by atoms with E-state index in [2.05, 4.69) is 61.5 Å². The molecule has 0 aliphatic heterocycles. The van der Waals surface area contributed by atoms with Gasteiger partial charge >= 0.3 is 0 Å². The van der Waals surface area contributed by atoms with Crippen LogP contribution < -0.4 is 0 Å². The number of carbonyl (C=O) groups excluding carboxylic acids is 1. The molecule has 0 bridgehead atoms. The van der Waals surface area contributed by atoms with E-state index in [1.807, 2.05) is 0 Å². The van der Waals surface area contributed by atoms with E-state index in [0.29, 0.717) is 27.5 Å². The van der Waals surface area contributed by atoms with Crippen LogP contribution in [-0.4, -0.2) is 21.4 Å². The molecular weight excluding hydrogens is 444 g/mol. The van der Waals surface area contributed by atoms with Gasteiger partial charge in [-0.05, 0) is 109 Å². The molecule has 3 saturated carbocycles. The smallest absolute Gasteiger partial charge is 0.185 e. The van der Waals surface area contributed by atoms with E-state index < -0.39 is 9.04 Å². The zero-order chi connectivity index (χ0) is 25.6. The van der Waals surface area contributed by atoms with Crippen molar-refractivity contribution in [3.05, 3.63) is 11.6 Å². The number of hydrogen-bond acceptors (Lipinski definition) is 2. The summed E-state index contributed by atoms with van der Waals surface area (Å²) < 4.78 is 6.99. The maximum absolute atomic E-state index is 10.8. The summed E-state index contributed by atoms with van der Waals surface area (Å²) in [6, 6.07) is 0. The number of hydrogen-bond donors (Lipinski definition) is 0. The van der Waals surface area contributed by atoms with Gasteiger partial charge in [-0.15, -0.1) is 0 Å². The lowest BCUT2D eigenvalue weighted by molar-refractivity contribution is -0.108. The summed E-state index contributed by atoms with van der Waals surface area (Å²) >= 11 is 0. The van der Waals surface area contributed by atoms with Gasteiger partial charge in [0.15, 0.2) is 9.04 Å². The molecule has 9 atom stereocenters. The maximum atomic E-state index is 10.8. The van der Waals surface area contributed by atoms with Crippen LogP contribution >= 0.6 is 0 Å². The van der Waals surface area contributed by atoms with Crippen molar-refractivity contribution in [2.45, 2.75) is 143 Å². The minimum atomic E-state index is -1.27. The van der Waals surface area contributed by atoms with Gasteiger partial charge in [-0.1, -0.05) is 73.5 Å². The quantitative estimate of drug-likeness (QED) is 0.144. The van der Waals surface area contributed by atoms with Gasteiger partial charge < -0.3 is 9.22 Å². The first-order chi connectivity index (χ1) is 16.4. The first kappa shape index (κ1) is 27.6. The van der Waals surface area contributed by atoms with E-state index in [0.717, 1.165) is 48.7 Å². The molecule has 2 nitrogen and oxygen atoms in total. The fraction of sp³-hybridized carbons (Fsp3) is 0.906. The van der Waals surface area contributed by atoms with Crippen LogP contribution in [0, 0.1) is 40.4 Å². The average molecular weight is 501 g/mol. The maximum Gasteiger partial charge on any atom is 0.185 e. The molecule has 0 N–H and O–H groups in total. The second kappa shape index (κ2) is 10.4. The highest BCUT2D eigenvalue weighted by Gasteiger charge is 2.59. The lowest BCUT2D eigenvalue weighted by atomic mass is 9.47. The Hall–Kier alpha value is -0.413.